The number of anilines is 1. The van der Waals surface area contributed by atoms with Crippen LogP contribution in [0.4, 0.5) is 5.69 Å². The van der Waals surface area contributed by atoms with E-state index in [-0.39, 0.29) is 18.5 Å². The van der Waals surface area contributed by atoms with E-state index in [4.69, 9.17) is 16.3 Å². The van der Waals surface area contributed by atoms with Crippen molar-refractivity contribution in [2.24, 2.45) is 0 Å². The summed E-state index contributed by atoms with van der Waals surface area (Å²) in [5, 5.41) is 11.9. The van der Waals surface area contributed by atoms with Gasteiger partial charge in [0.1, 0.15) is 5.75 Å². The molecule has 0 bridgehead atoms. The van der Waals surface area contributed by atoms with Crippen molar-refractivity contribution in [2.45, 2.75) is 32.4 Å². The molecule has 0 aromatic heterocycles. The molecular formula is C28H31ClN2O3. The quantitative estimate of drug-likeness (QED) is 0.497. The number of hydrogen-bond donors (Lipinski definition) is 1. The van der Waals surface area contributed by atoms with E-state index in [9.17, 15) is 9.90 Å². The fourth-order valence-corrected chi connectivity index (χ4v) is 4.65. The van der Waals surface area contributed by atoms with Crippen molar-refractivity contribution in [3.63, 3.8) is 0 Å². The van der Waals surface area contributed by atoms with Crippen LogP contribution in [0.5, 0.6) is 5.75 Å². The topological polar surface area (TPSA) is 53.0 Å². The number of carbonyl (C=O) groups is 1. The molecule has 34 heavy (non-hydrogen) atoms. The van der Waals surface area contributed by atoms with Crippen molar-refractivity contribution < 1.29 is 14.6 Å². The molecule has 2 atom stereocenters. The minimum atomic E-state index is -1.08. The molecule has 0 saturated carbocycles. The van der Waals surface area contributed by atoms with Gasteiger partial charge in [-0.05, 0) is 68.3 Å². The summed E-state index contributed by atoms with van der Waals surface area (Å²) in [7, 11) is 0. The average molecular weight is 479 g/mol. The normalized spacial score (nSPS) is 18.6. The standard InChI is InChI=1S/C28H31ClN2O3/c1-4-34-25-15-13-24(14-16-25)31-26(21-7-11-23(29)12-8-21)17-30(18-27(31)32)19-28(3,33)22-9-5-20(2)6-10-22/h5-16,26,33H,4,17-19H2,1-3H3/t26-,28?/m0/s1. The number of carbonyl (C=O) groups excluding carboxylic acids is 1. The molecule has 1 aliphatic rings. The van der Waals surface area contributed by atoms with Gasteiger partial charge >= 0.3 is 0 Å². The van der Waals surface area contributed by atoms with Crippen LogP contribution in [0, 0.1) is 6.92 Å². The fraction of sp³-hybridized carbons (Fsp3) is 0.321. The number of benzene rings is 3. The van der Waals surface area contributed by atoms with Crippen LogP contribution in [0.2, 0.25) is 5.02 Å². The van der Waals surface area contributed by atoms with Gasteiger partial charge in [-0.3, -0.25) is 9.69 Å². The maximum Gasteiger partial charge on any atom is 0.241 e. The van der Waals surface area contributed by atoms with Gasteiger partial charge in [-0.25, -0.2) is 0 Å². The second kappa shape index (κ2) is 10.2. The number of rotatable bonds is 7. The van der Waals surface area contributed by atoms with Gasteiger partial charge < -0.3 is 14.7 Å². The number of aryl methyl sites for hydroxylation is 1. The lowest BCUT2D eigenvalue weighted by Gasteiger charge is -2.43. The summed E-state index contributed by atoms with van der Waals surface area (Å²) in [6.07, 6.45) is 0. The second-order valence-corrected chi connectivity index (χ2v) is 9.50. The predicted octanol–water partition coefficient (Wildman–Crippen LogP) is 5.34. The third-order valence-corrected chi connectivity index (χ3v) is 6.51. The summed E-state index contributed by atoms with van der Waals surface area (Å²) in [6, 6.07) is 22.9. The Bertz CT molecular complexity index is 1110. The number of ether oxygens (including phenoxy) is 1. The van der Waals surface area contributed by atoms with Gasteiger partial charge in [-0.2, -0.15) is 0 Å². The first-order valence-corrected chi connectivity index (χ1v) is 12.0. The van der Waals surface area contributed by atoms with Gasteiger partial charge in [-0.15, -0.1) is 0 Å². The van der Waals surface area contributed by atoms with Crippen molar-refractivity contribution in [2.75, 3.05) is 31.1 Å². The molecular weight excluding hydrogens is 448 g/mol. The summed E-state index contributed by atoms with van der Waals surface area (Å²) in [5.41, 5.74) is 2.70. The zero-order valence-electron chi connectivity index (χ0n) is 19.9. The van der Waals surface area contributed by atoms with Crippen LogP contribution in [0.25, 0.3) is 0 Å². The van der Waals surface area contributed by atoms with Crippen molar-refractivity contribution in [3.05, 3.63) is 94.5 Å². The molecule has 1 saturated heterocycles. The first kappa shape index (κ1) is 24.3. The third-order valence-electron chi connectivity index (χ3n) is 6.26. The van der Waals surface area contributed by atoms with Gasteiger partial charge in [0.05, 0.1) is 24.8 Å². The van der Waals surface area contributed by atoms with E-state index in [0.29, 0.717) is 24.7 Å². The Morgan fingerprint density at radius 3 is 2.29 bits per heavy atom. The summed E-state index contributed by atoms with van der Waals surface area (Å²) in [5.74, 6) is 0.754. The highest BCUT2D eigenvalue weighted by Crippen LogP contribution is 2.34. The molecule has 3 aromatic rings. The first-order valence-electron chi connectivity index (χ1n) is 11.6. The van der Waals surface area contributed by atoms with E-state index in [1.807, 2.05) is 96.4 Å². The lowest BCUT2D eigenvalue weighted by Crippen LogP contribution is -2.55. The second-order valence-electron chi connectivity index (χ2n) is 9.07. The highest BCUT2D eigenvalue weighted by molar-refractivity contribution is 6.30. The van der Waals surface area contributed by atoms with E-state index in [2.05, 4.69) is 0 Å². The molecule has 1 N–H and O–H groups in total. The number of piperazine rings is 1. The largest absolute Gasteiger partial charge is 0.494 e. The maximum atomic E-state index is 13.5. The Morgan fingerprint density at radius 1 is 1.03 bits per heavy atom. The summed E-state index contributed by atoms with van der Waals surface area (Å²) >= 11 is 6.14. The molecule has 3 aromatic carbocycles. The number of amides is 1. The highest BCUT2D eigenvalue weighted by atomic mass is 35.5. The Hall–Kier alpha value is -2.86. The van der Waals surface area contributed by atoms with Crippen molar-refractivity contribution >= 4 is 23.2 Å². The first-order chi connectivity index (χ1) is 16.3. The Morgan fingerprint density at radius 2 is 1.68 bits per heavy atom. The summed E-state index contributed by atoms with van der Waals surface area (Å²) in [4.78, 5) is 17.4. The van der Waals surface area contributed by atoms with Gasteiger partial charge in [0, 0.05) is 23.8 Å². The predicted molar refractivity (Wildman–Crippen MR) is 136 cm³/mol. The van der Waals surface area contributed by atoms with E-state index in [1.54, 1.807) is 6.92 Å². The van der Waals surface area contributed by atoms with Crippen LogP contribution in [0.3, 0.4) is 0 Å². The van der Waals surface area contributed by atoms with Crippen molar-refractivity contribution in [1.82, 2.24) is 4.90 Å². The van der Waals surface area contributed by atoms with Crippen LogP contribution in [-0.2, 0) is 10.4 Å². The van der Waals surface area contributed by atoms with E-state index < -0.39 is 5.60 Å². The van der Waals surface area contributed by atoms with Gasteiger partial charge in [-0.1, -0.05) is 53.6 Å². The smallest absolute Gasteiger partial charge is 0.241 e. The molecule has 1 heterocycles. The van der Waals surface area contributed by atoms with Crippen LogP contribution in [0.1, 0.15) is 36.6 Å². The van der Waals surface area contributed by atoms with Gasteiger partial charge in [0.15, 0.2) is 0 Å². The zero-order chi connectivity index (χ0) is 24.3. The summed E-state index contributed by atoms with van der Waals surface area (Å²) in [6.45, 7) is 7.52. The lowest BCUT2D eigenvalue weighted by atomic mass is 9.93. The molecule has 0 radical (unpaired) electrons. The molecule has 1 aliphatic heterocycles. The molecule has 1 fully saturated rings. The number of halogens is 1. The SMILES string of the molecule is CCOc1ccc(N2C(=O)CN(CC(C)(O)c3ccc(C)cc3)C[C@H]2c2ccc(Cl)cc2)cc1. The number of β-amino-alcohol motifs (C(OH)–C–C–N with tert-alkyl or cyclic N) is 1. The molecule has 1 amide bonds. The zero-order valence-corrected chi connectivity index (χ0v) is 20.6. The van der Waals surface area contributed by atoms with E-state index in [0.717, 1.165) is 28.1 Å². The fourth-order valence-electron chi connectivity index (χ4n) is 4.52. The van der Waals surface area contributed by atoms with Gasteiger partial charge in [0.25, 0.3) is 0 Å². The molecule has 1 unspecified atom stereocenters. The Labute approximate surface area is 206 Å². The molecule has 5 nitrogen and oxygen atoms in total. The van der Waals surface area contributed by atoms with E-state index >= 15 is 0 Å². The van der Waals surface area contributed by atoms with Crippen molar-refractivity contribution in [3.8, 4) is 5.75 Å². The molecule has 0 spiro atoms. The Kier molecular flexibility index (Phi) is 7.27. The number of nitrogens with zero attached hydrogens (tertiary/aromatic N) is 2. The monoisotopic (exact) mass is 478 g/mol. The van der Waals surface area contributed by atoms with Crippen LogP contribution < -0.4 is 9.64 Å². The number of hydrogen-bond acceptors (Lipinski definition) is 4. The maximum absolute atomic E-state index is 13.5. The minimum Gasteiger partial charge on any atom is -0.494 e. The lowest BCUT2D eigenvalue weighted by molar-refractivity contribution is -0.123. The van der Waals surface area contributed by atoms with Crippen LogP contribution >= 0.6 is 11.6 Å². The molecule has 4 rings (SSSR count). The highest BCUT2D eigenvalue weighted by Gasteiger charge is 2.37. The van der Waals surface area contributed by atoms with Crippen LogP contribution in [0.15, 0.2) is 72.8 Å². The van der Waals surface area contributed by atoms with E-state index in [1.165, 1.54) is 0 Å². The third kappa shape index (κ3) is 5.44. The molecule has 6 heteroatoms. The average Bonchev–Trinajstić information content (AvgIpc) is 2.80. The van der Waals surface area contributed by atoms with Crippen molar-refractivity contribution in [1.29, 1.82) is 0 Å². The molecule has 178 valence electrons. The van der Waals surface area contributed by atoms with Gasteiger partial charge in [0.2, 0.25) is 5.91 Å². The minimum absolute atomic E-state index is 0.0185. The number of aliphatic hydroxyl groups is 1. The molecule has 0 aliphatic carbocycles. The van der Waals surface area contributed by atoms with Crippen LogP contribution in [-0.4, -0.2) is 42.2 Å². The summed E-state index contributed by atoms with van der Waals surface area (Å²) < 4.78 is 5.57. The Balaban J connectivity index is 1.62.